The quantitative estimate of drug-likeness (QED) is 0.500. The van der Waals surface area contributed by atoms with Gasteiger partial charge in [-0.1, -0.05) is 24.3 Å². The van der Waals surface area contributed by atoms with Crippen LogP contribution < -0.4 is 23.8 Å². The maximum absolute atomic E-state index is 13.1. The normalized spacial score (nSPS) is 14.5. The largest absolute Gasteiger partial charge is 0.486 e. The highest BCUT2D eigenvalue weighted by molar-refractivity contribution is 7.92. The van der Waals surface area contributed by atoms with Crippen LogP contribution in [0.2, 0.25) is 0 Å². The fraction of sp³-hybridized carbons (Fsp3) is 0.269. The number of benzene rings is 3. The minimum absolute atomic E-state index is 0.363. The Bertz CT molecular complexity index is 1280. The lowest BCUT2D eigenvalue weighted by Gasteiger charge is -2.29. The number of ether oxygens (including phenoxy) is 3. The van der Waals surface area contributed by atoms with Crippen molar-refractivity contribution >= 4 is 21.6 Å². The monoisotopic (exact) mass is 496 g/mol. The highest BCUT2D eigenvalue weighted by atomic mass is 32.2. The number of nitrogens with one attached hydrogen (secondary N) is 1. The summed E-state index contributed by atoms with van der Waals surface area (Å²) in [6.45, 7) is 4.35. The van der Waals surface area contributed by atoms with Crippen LogP contribution in [-0.2, 0) is 14.8 Å². The van der Waals surface area contributed by atoms with Crippen molar-refractivity contribution in [2.75, 3.05) is 23.8 Å². The molecule has 3 aromatic carbocycles. The van der Waals surface area contributed by atoms with Gasteiger partial charge in [0, 0.05) is 0 Å². The fourth-order valence-electron chi connectivity index (χ4n) is 3.84. The molecule has 1 N–H and O–H groups in total. The molecule has 0 aromatic heterocycles. The molecule has 0 aliphatic carbocycles. The molecule has 0 saturated carbocycles. The average molecular weight is 497 g/mol. The molecule has 0 spiro atoms. The Kier molecular flexibility index (Phi) is 7.16. The SMILES string of the molecule is C[C@@H](NC(=O)[C@H](C)N(c1ccc(Oc2ccccc2)cc1)S(C)(=O)=O)c1ccc2c(c1)OCCO2. The minimum atomic E-state index is -3.75. The van der Waals surface area contributed by atoms with E-state index < -0.39 is 22.0 Å². The lowest BCUT2D eigenvalue weighted by Crippen LogP contribution is -2.48. The smallest absolute Gasteiger partial charge is 0.244 e. The van der Waals surface area contributed by atoms with Crippen molar-refractivity contribution < 1.29 is 27.4 Å². The van der Waals surface area contributed by atoms with Gasteiger partial charge in [-0.05, 0) is 67.9 Å². The summed E-state index contributed by atoms with van der Waals surface area (Å²) < 4.78 is 43.4. The third-order valence-corrected chi connectivity index (χ3v) is 6.83. The summed E-state index contributed by atoms with van der Waals surface area (Å²) in [7, 11) is -3.75. The highest BCUT2D eigenvalue weighted by Gasteiger charge is 2.30. The number of hydrogen-bond donors (Lipinski definition) is 1. The van der Waals surface area contributed by atoms with E-state index in [4.69, 9.17) is 14.2 Å². The summed E-state index contributed by atoms with van der Waals surface area (Å²) in [5.41, 5.74) is 1.19. The molecule has 0 fully saturated rings. The van der Waals surface area contributed by atoms with Gasteiger partial charge in [0.2, 0.25) is 15.9 Å². The molecule has 1 aliphatic rings. The van der Waals surface area contributed by atoms with Gasteiger partial charge in [0.15, 0.2) is 11.5 Å². The van der Waals surface area contributed by atoms with Gasteiger partial charge in [-0.3, -0.25) is 9.10 Å². The summed E-state index contributed by atoms with van der Waals surface area (Å²) in [6.07, 6.45) is 1.08. The van der Waals surface area contributed by atoms with Gasteiger partial charge in [0.25, 0.3) is 0 Å². The van der Waals surface area contributed by atoms with Crippen molar-refractivity contribution in [3.05, 3.63) is 78.4 Å². The fourth-order valence-corrected chi connectivity index (χ4v) is 5.02. The van der Waals surface area contributed by atoms with Crippen molar-refractivity contribution in [1.29, 1.82) is 0 Å². The van der Waals surface area contributed by atoms with Gasteiger partial charge in [-0.2, -0.15) is 0 Å². The molecule has 1 amide bonds. The van der Waals surface area contributed by atoms with E-state index in [0.717, 1.165) is 16.1 Å². The number of anilines is 1. The van der Waals surface area contributed by atoms with Crippen LogP contribution in [0.5, 0.6) is 23.0 Å². The summed E-state index contributed by atoms with van der Waals surface area (Å²) in [5.74, 6) is 2.08. The summed E-state index contributed by atoms with van der Waals surface area (Å²) in [4.78, 5) is 13.1. The highest BCUT2D eigenvalue weighted by Crippen LogP contribution is 2.33. The maximum atomic E-state index is 13.1. The van der Waals surface area contributed by atoms with E-state index in [-0.39, 0.29) is 6.04 Å². The van der Waals surface area contributed by atoms with E-state index >= 15 is 0 Å². The number of fused-ring (bicyclic) bond motifs is 1. The number of para-hydroxylation sites is 1. The van der Waals surface area contributed by atoms with Crippen LogP contribution in [0.3, 0.4) is 0 Å². The molecule has 0 radical (unpaired) electrons. The Morgan fingerprint density at radius 2 is 1.54 bits per heavy atom. The van der Waals surface area contributed by atoms with Crippen molar-refractivity contribution in [2.24, 2.45) is 0 Å². The average Bonchev–Trinajstić information content (AvgIpc) is 2.84. The molecule has 184 valence electrons. The zero-order chi connectivity index (χ0) is 25.0. The predicted octanol–water partition coefficient (Wildman–Crippen LogP) is 4.28. The predicted molar refractivity (Wildman–Crippen MR) is 134 cm³/mol. The van der Waals surface area contributed by atoms with E-state index in [1.807, 2.05) is 49.4 Å². The molecule has 4 rings (SSSR count). The van der Waals surface area contributed by atoms with Gasteiger partial charge >= 0.3 is 0 Å². The Hall–Kier alpha value is -3.72. The molecule has 9 heteroatoms. The van der Waals surface area contributed by atoms with Crippen LogP contribution in [0.15, 0.2) is 72.8 Å². The first-order chi connectivity index (χ1) is 16.7. The van der Waals surface area contributed by atoms with E-state index in [1.165, 1.54) is 0 Å². The summed E-state index contributed by atoms with van der Waals surface area (Å²) in [6, 6.07) is 20.0. The van der Waals surface area contributed by atoms with Crippen LogP contribution in [0.1, 0.15) is 25.5 Å². The lowest BCUT2D eigenvalue weighted by molar-refractivity contribution is -0.122. The number of rotatable bonds is 8. The van der Waals surface area contributed by atoms with Gasteiger partial charge in [-0.25, -0.2) is 8.42 Å². The Morgan fingerprint density at radius 3 is 2.20 bits per heavy atom. The third-order valence-electron chi connectivity index (χ3n) is 5.58. The Labute approximate surface area is 205 Å². The van der Waals surface area contributed by atoms with Crippen molar-refractivity contribution in [1.82, 2.24) is 5.32 Å². The van der Waals surface area contributed by atoms with E-state index in [1.54, 1.807) is 37.3 Å². The molecule has 2 atom stereocenters. The van der Waals surface area contributed by atoms with Crippen LogP contribution in [0, 0.1) is 0 Å². The van der Waals surface area contributed by atoms with Crippen LogP contribution in [0.4, 0.5) is 5.69 Å². The van der Waals surface area contributed by atoms with E-state index in [2.05, 4.69) is 5.32 Å². The zero-order valence-electron chi connectivity index (χ0n) is 19.8. The first-order valence-corrected chi connectivity index (χ1v) is 13.1. The van der Waals surface area contributed by atoms with Crippen LogP contribution in [0.25, 0.3) is 0 Å². The van der Waals surface area contributed by atoms with Gasteiger partial charge < -0.3 is 19.5 Å². The number of amides is 1. The van der Waals surface area contributed by atoms with Crippen molar-refractivity contribution in [2.45, 2.75) is 25.9 Å². The number of carbonyl (C=O) groups is 1. The van der Waals surface area contributed by atoms with Crippen LogP contribution in [-0.4, -0.2) is 39.8 Å². The zero-order valence-corrected chi connectivity index (χ0v) is 20.6. The second-order valence-electron chi connectivity index (χ2n) is 8.28. The molecule has 35 heavy (non-hydrogen) atoms. The molecule has 0 saturated heterocycles. The molecule has 8 nitrogen and oxygen atoms in total. The second kappa shape index (κ2) is 10.3. The first-order valence-electron chi connectivity index (χ1n) is 11.2. The maximum Gasteiger partial charge on any atom is 0.244 e. The molecule has 1 heterocycles. The standard InChI is InChI=1S/C26H28N2O6S/c1-18(20-9-14-24-25(17-20)33-16-15-32-24)27-26(29)19(2)28(35(3,30)31)21-10-12-23(13-11-21)34-22-7-5-4-6-8-22/h4-14,17-19H,15-16H2,1-3H3,(H,27,29)/t18-,19+/m1/s1. The van der Waals surface area contributed by atoms with Gasteiger partial charge in [0.1, 0.15) is 30.8 Å². The van der Waals surface area contributed by atoms with E-state index in [0.29, 0.717) is 41.9 Å². The van der Waals surface area contributed by atoms with Gasteiger partial charge in [-0.15, -0.1) is 0 Å². The third kappa shape index (κ3) is 5.86. The van der Waals surface area contributed by atoms with Crippen LogP contribution >= 0.6 is 0 Å². The molecule has 0 unspecified atom stereocenters. The van der Waals surface area contributed by atoms with Crippen molar-refractivity contribution in [3.8, 4) is 23.0 Å². The Morgan fingerprint density at radius 1 is 0.914 bits per heavy atom. The minimum Gasteiger partial charge on any atom is -0.486 e. The van der Waals surface area contributed by atoms with E-state index in [9.17, 15) is 13.2 Å². The topological polar surface area (TPSA) is 94.2 Å². The first kappa shape index (κ1) is 24.4. The number of hydrogen-bond acceptors (Lipinski definition) is 6. The lowest BCUT2D eigenvalue weighted by atomic mass is 10.1. The summed E-state index contributed by atoms with van der Waals surface area (Å²) >= 11 is 0. The number of nitrogens with zero attached hydrogens (tertiary/aromatic N) is 1. The number of carbonyl (C=O) groups excluding carboxylic acids is 1. The molecule has 0 bridgehead atoms. The molecule has 1 aliphatic heterocycles. The number of sulfonamides is 1. The van der Waals surface area contributed by atoms with Gasteiger partial charge in [0.05, 0.1) is 18.0 Å². The summed E-state index contributed by atoms with van der Waals surface area (Å²) in [5, 5.41) is 2.90. The second-order valence-corrected chi connectivity index (χ2v) is 10.1. The molecular formula is C26H28N2O6S. The molecule has 3 aromatic rings. The molecular weight excluding hydrogens is 468 g/mol. The van der Waals surface area contributed by atoms with Crippen molar-refractivity contribution in [3.63, 3.8) is 0 Å². The Balaban J connectivity index is 1.48.